The number of ether oxygens (including phenoxy) is 1. The minimum Gasteiger partial charge on any atom is -0.414 e. The average Bonchev–Trinajstić information content (AvgIpc) is 3.48. The molecule has 1 aromatic carbocycles. The number of hydrogen-bond donors (Lipinski definition) is 2. The fourth-order valence-corrected chi connectivity index (χ4v) is 18.3. The number of carbonyl (C=O) groups is 1. The van der Waals surface area contributed by atoms with E-state index in [0.29, 0.717) is 16.7 Å². The minimum atomic E-state index is -2.97. The van der Waals surface area contributed by atoms with E-state index in [1.165, 1.54) is 6.33 Å². The zero-order valence-corrected chi connectivity index (χ0v) is 31.2. The zero-order chi connectivity index (χ0) is 32.1. The van der Waals surface area contributed by atoms with Crippen LogP contribution in [0.2, 0.25) is 27.4 Å². The van der Waals surface area contributed by atoms with Crippen LogP contribution >= 0.6 is 34.2 Å². The van der Waals surface area contributed by atoms with Gasteiger partial charge in [0.15, 0.2) is 23.2 Å². The Labute approximate surface area is 279 Å². The van der Waals surface area contributed by atoms with Gasteiger partial charge in [0.25, 0.3) is 5.91 Å². The number of benzene rings is 1. The van der Waals surface area contributed by atoms with Gasteiger partial charge in [-0.25, -0.2) is 4.98 Å². The molecule has 0 spiro atoms. The lowest BCUT2D eigenvalue weighted by Crippen LogP contribution is -2.65. The average molecular weight is 774 g/mol. The van der Waals surface area contributed by atoms with Crippen LogP contribution < -0.4 is 5.32 Å². The molecule has 1 amide bonds. The Morgan fingerprint density at radius 3 is 2.34 bits per heavy atom. The van der Waals surface area contributed by atoms with Crippen molar-refractivity contribution in [3.63, 3.8) is 0 Å². The molecule has 3 aromatic rings. The Kier molecular flexibility index (Phi) is 9.96. The van der Waals surface area contributed by atoms with Gasteiger partial charge in [-0.3, -0.25) is 9.36 Å². The van der Waals surface area contributed by atoms with E-state index in [1.54, 1.807) is 22.8 Å². The summed E-state index contributed by atoms with van der Waals surface area (Å²) in [6, 6.07) is 7.18. The summed E-state index contributed by atoms with van der Waals surface area (Å²) < 4.78 is 30.2. The SMILES string of the molecule is CC(C)[Si]1(C(C)C)OCC2OC(n3cnc4c(NC(=O)c5cccc(I)c5)nc(Cl)nc43)C(O)C2O[Si](C(C)C)(C(C)C)O1. The highest BCUT2D eigenvalue weighted by molar-refractivity contribution is 14.1. The lowest BCUT2D eigenvalue weighted by Gasteiger charge is -2.51. The second kappa shape index (κ2) is 12.9. The lowest BCUT2D eigenvalue weighted by atomic mass is 10.1. The number of halogens is 2. The van der Waals surface area contributed by atoms with Crippen molar-refractivity contribution in [3.05, 3.63) is 45.0 Å². The first-order valence-corrected chi connectivity index (χ1v) is 20.4. The number of hydrogen-bond acceptors (Lipinski definition) is 9. The second-order valence-corrected chi connectivity index (χ2v) is 23.2. The van der Waals surface area contributed by atoms with Crippen LogP contribution in [0.15, 0.2) is 30.6 Å². The van der Waals surface area contributed by atoms with Gasteiger partial charge in [0.05, 0.1) is 12.9 Å². The number of nitrogens with zero attached hydrogens (tertiary/aromatic N) is 4. The van der Waals surface area contributed by atoms with Gasteiger partial charge in [0, 0.05) is 9.13 Å². The van der Waals surface area contributed by atoms with Crippen LogP contribution in [-0.2, 0) is 17.7 Å². The van der Waals surface area contributed by atoms with Crippen molar-refractivity contribution < 1.29 is 27.6 Å². The van der Waals surface area contributed by atoms with Gasteiger partial charge in [-0.15, -0.1) is 0 Å². The number of anilines is 1. The number of imidazole rings is 1. The summed E-state index contributed by atoms with van der Waals surface area (Å²) in [7, 11) is -5.75. The molecule has 44 heavy (non-hydrogen) atoms. The Morgan fingerprint density at radius 2 is 1.73 bits per heavy atom. The molecule has 4 heterocycles. The summed E-state index contributed by atoms with van der Waals surface area (Å²) in [5, 5.41) is 14.5. The first-order valence-electron chi connectivity index (χ1n) is 15.0. The van der Waals surface area contributed by atoms with Crippen molar-refractivity contribution in [2.24, 2.45) is 0 Å². The molecule has 0 aliphatic carbocycles. The van der Waals surface area contributed by atoms with E-state index < -0.39 is 41.7 Å². The molecule has 2 saturated heterocycles. The molecule has 0 saturated carbocycles. The third-order valence-electron chi connectivity index (χ3n) is 8.63. The minimum absolute atomic E-state index is 0.0839. The molecule has 4 atom stereocenters. The summed E-state index contributed by atoms with van der Waals surface area (Å²) in [6.07, 6.45) is -1.72. The smallest absolute Gasteiger partial charge is 0.335 e. The first-order chi connectivity index (χ1) is 20.7. The predicted molar refractivity (Wildman–Crippen MR) is 181 cm³/mol. The van der Waals surface area contributed by atoms with Gasteiger partial charge in [-0.1, -0.05) is 61.5 Å². The van der Waals surface area contributed by atoms with Crippen LogP contribution in [0, 0.1) is 3.57 Å². The van der Waals surface area contributed by atoms with E-state index in [0.717, 1.165) is 3.57 Å². The molecule has 15 heteroatoms. The van der Waals surface area contributed by atoms with Gasteiger partial charge in [-0.05, 0) is 74.6 Å². The highest BCUT2D eigenvalue weighted by atomic mass is 127. The molecule has 4 unspecified atom stereocenters. The quantitative estimate of drug-likeness (QED) is 0.156. The van der Waals surface area contributed by atoms with Crippen LogP contribution in [-0.4, -0.2) is 72.6 Å². The van der Waals surface area contributed by atoms with Crippen LogP contribution in [0.25, 0.3) is 11.2 Å². The summed E-state index contributed by atoms with van der Waals surface area (Å²) in [5.41, 5.74) is 1.64. The van der Waals surface area contributed by atoms with Gasteiger partial charge >= 0.3 is 17.1 Å². The number of aromatic nitrogens is 4. The zero-order valence-electron chi connectivity index (χ0n) is 26.2. The van der Waals surface area contributed by atoms with Crippen molar-refractivity contribution >= 4 is 74.2 Å². The number of aliphatic hydroxyl groups excluding tert-OH is 1. The molecule has 2 fully saturated rings. The van der Waals surface area contributed by atoms with Crippen molar-refractivity contribution in [2.75, 3.05) is 11.9 Å². The largest absolute Gasteiger partial charge is 0.414 e. The Morgan fingerprint density at radius 1 is 1.07 bits per heavy atom. The van der Waals surface area contributed by atoms with Gasteiger partial charge in [0.2, 0.25) is 5.28 Å². The number of nitrogens with one attached hydrogen (secondary N) is 1. The Bertz CT molecular complexity index is 1510. The van der Waals surface area contributed by atoms with E-state index in [9.17, 15) is 9.90 Å². The number of amides is 1. The summed E-state index contributed by atoms with van der Waals surface area (Å²) in [4.78, 5) is 26.2. The predicted octanol–water partition coefficient (Wildman–Crippen LogP) is 6.55. The van der Waals surface area contributed by atoms with E-state index in [-0.39, 0.29) is 45.8 Å². The molecular formula is C29H41ClIN5O6Si2. The number of carbonyl (C=O) groups excluding carboxylic acids is 1. The van der Waals surface area contributed by atoms with Crippen molar-refractivity contribution in [1.82, 2.24) is 19.5 Å². The topological polar surface area (TPSA) is 130 Å². The van der Waals surface area contributed by atoms with Gasteiger partial charge in [-0.2, -0.15) is 9.97 Å². The normalized spacial score (nSPS) is 25.1. The maximum atomic E-state index is 13.0. The molecule has 0 bridgehead atoms. The maximum Gasteiger partial charge on any atom is 0.335 e. The van der Waals surface area contributed by atoms with Crippen LogP contribution in [0.3, 0.4) is 0 Å². The molecular weight excluding hydrogens is 733 g/mol. The fourth-order valence-electron chi connectivity index (χ4n) is 6.34. The monoisotopic (exact) mass is 773 g/mol. The van der Waals surface area contributed by atoms with E-state index in [1.807, 2.05) is 6.07 Å². The highest BCUT2D eigenvalue weighted by Gasteiger charge is 2.61. The van der Waals surface area contributed by atoms with E-state index in [2.05, 4.69) is 98.2 Å². The highest BCUT2D eigenvalue weighted by Crippen LogP contribution is 2.48. The van der Waals surface area contributed by atoms with Gasteiger partial charge in [0.1, 0.15) is 18.3 Å². The standard InChI is InChI=1S/C29H41ClIN5O6Si2/c1-15(2)43(16(3)4)39-13-21-24(41-44(42-43,17(5)6)18(7)8)23(37)28(40-21)36-14-32-22-25(34-29(30)35-26(22)36)33-27(38)19-10-9-11-20(31)12-19/h9-12,14-18,21,23-24,28,37H,13H2,1-8H3,(H,33,34,35,38). The van der Waals surface area contributed by atoms with Gasteiger partial charge < -0.3 is 28.1 Å². The summed E-state index contributed by atoms with van der Waals surface area (Å²) in [6.45, 7) is 17.4. The Hall–Kier alpha value is -1.51. The summed E-state index contributed by atoms with van der Waals surface area (Å²) >= 11 is 8.49. The molecule has 2 aromatic heterocycles. The van der Waals surface area contributed by atoms with E-state index in [4.69, 9.17) is 29.3 Å². The molecule has 240 valence electrons. The van der Waals surface area contributed by atoms with Crippen LogP contribution in [0.4, 0.5) is 5.82 Å². The number of rotatable bonds is 7. The van der Waals surface area contributed by atoms with Crippen LogP contribution in [0.1, 0.15) is 72.0 Å². The third-order valence-corrected chi connectivity index (χ3v) is 19.7. The second-order valence-electron chi connectivity index (χ2n) is 12.7. The lowest BCUT2D eigenvalue weighted by molar-refractivity contribution is -0.0570. The number of fused-ring (bicyclic) bond motifs is 2. The van der Waals surface area contributed by atoms with Crippen molar-refractivity contribution in [2.45, 2.75) is 102 Å². The maximum absolute atomic E-state index is 13.0. The molecule has 5 rings (SSSR count). The third kappa shape index (κ3) is 6.01. The molecule has 11 nitrogen and oxygen atoms in total. The first kappa shape index (κ1) is 33.8. The molecule has 2 aliphatic heterocycles. The molecule has 2 N–H and O–H groups in total. The Balaban J connectivity index is 1.51. The molecule has 2 aliphatic rings. The van der Waals surface area contributed by atoms with E-state index >= 15 is 0 Å². The fraction of sp³-hybridized carbons (Fsp3) is 0.586. The van der Waals surface area contributed by atoms with Crippen molar-refractivity contribution in [3.8, 4) is 0 Å². The summed E-state index contributed by atoms with van der Waals surface area (Å²) in [5.74, 6) is -0.202. The van der Waals surface area contributed by atoms with Crippen LogP contribution in [0.5, 0.6) is 0 Å². The number of aliphatic hydroxyl groups is 1. The van der Waals surface area contributed by atoms with Crippen molar-refractivity contribution in [1.29, 1.82) is 0 Å². The molecule has 0 radical (unpaired) electrons.